The third kappa shape index (κ3) is 6.19. The Kier molecular flexibility index (Phi) is 9.48. The highest BCUT2D eigenvalue weighted by Crippen LogP contribution is 2.60. The number of carbonyl (C=O) groups is 2. The first-order valence-corrected chi connectivity index (χ1v) is 19.6. The summed E-state index contributed by atoms with van der Waals surface area (Å²) in [5.41, 5.74) is 1.63. The zero-order valence-corrected chi connectivity index (χ0v) is 28.4. The number of amides is 2. The second-order valence-electron chi connectivity index (χ2n) is 13.6. The number of anilines is 2. The molecule has 0 aliphatic carbocycles. The molecule has 4 heterocycles. The lowest BCUT2D eigenvalue weighted by Gasteiger charge is -2.31. The average Bonchev–Trinajstić information content (AvgIpc) is 3.72. The average molecular weight is 661 g/mol. The fourth-order valence-electron chi connectivity index (χ4n) is 7.92. The Bertz CT molecular complexity index is 1610. The second-order valence-corrected chi connectivity index (χ2v) is 17.4. The smallest absolute Gasteiger partial charge is 0.264 e. The summed E-state index contributed by atoms with van der Waals surface area (Å²) >= 11 is 0. The van der Waals surface area contributed by atoms with Crippen LogP contribution in [0.4, 0.5) is 15.5 Å². The van der Waals surface area contributed by atoms with Crippen molar-refractivity contribution in [3.8, 4) is 0 Å². The minimum Gasteiger partial charge on any atom is -0.395 e. The van der Waals surface area contributed by atoms with Gasteiger partial charge in [0.25, 0.3) is 5.91 Å². The third-order valence-electron chi connectivity index (χ3n) is 10.1. The first kappa shape index (κ1) is 33.2. The van der Waals surface area contributed by atoms with Gasteiger partial charge < -0.3 is 29.5 Å². The van der Waals surface area contributed by atoms with E-state index in [9.17, 15) is 14.7 Å². The standard InChI is InChI=1S/C35H45FN6O4Si/c1-5-17-42-30-14-13-26(38-33(44)25-12-9-16-37-20-25)19-28(30)35(34(42)45)23(2)32(47(3,4)36)31(46-35)15-18-41-21-29(39-40-41)27(22-43)24-10-7-6-8-11-24/h5-8,10-11,13-14,19,21,23,25,27,31-32,37,43H,1,9,12,15-18,20,22H2,2-4H3,(H,38,44)/t23-,25?,27?,31+,32-,35+/m0/s1. The number of rotatable bonds is 11. The summed E-state index contributed by atoms with van der Waals surface area (Å²) in [6.07, 6.45) is 5.11. The van der Waals surface area contributed by atoms with E-state index in [-0.39, 0.29) is 36.8 Å². The lowest BCUT2D eigenvalue weighted by atomic mass is 9.82. The van der Waals surface area contributed by atoms with Crippen molar-refractivity contribution in [3.63, 3.8) is 0 Å². The van der Waals surface area contributed by atoms with Crippen LogP contribution < -0.4 is 15.5 Å². The number of nitrogens with one attached hydrogen (secondary N) is 2. The molecule has 250 valence electrons. The number of aryl methyl sites for hydroxylation is 1. The Hall–Kier alpha value is -3.71. The van der Waals surface area contributed by atoms with Gasteiger partial charge in [0.2, 0.25) is 14.3 Å². The van der Waals surface area contributed by atoms with Crippen LogP contribution in [0, 0.1) is 11.8 Å². The number of halogens is 1. The van der Waals surface area contributed by atoms with Crippen LogP contribution >= 0.6 is 0 Å². The number of piperidine rings is 1. The van der Waals surface area contributed by atoms with Gasteiger partial charge in [-0.1, -0.05) is 48.5 Å². The Balaban J connectivity index is 1.29. The molecular weight excluding hydrogens is 616 g/mol. The van der Waals surface area contributed by atoms with Crippen molar-refractivity contribution in [2.75, 3.05) is 36.5 Å². The van der Waals surface area contributed by atoms with E-state index in [0.29, 0.717) is 42.1 Å². The summed E-state index contributed by atoms with van der Waals surface area (Å²) in [6.45, 7) is 11.3. The molecule has 2 fully saturated rings. The van der Waals surface area contributed by atoms with E-state index in [4.69, 9.17) is 4.74 Å². The molecule has 10 nitrogen and oxygen atoms in total. The molecule has 3 N–H and O–H groups in total. The van der Waals surface area contributed by atoms with Gasteiger partial charge in [0.15, 0.2) is 5.60 Å². The van der Waals surface area contributed by atoms with Gasteiger partial charge in [-0.3, -0.25) is 14.3 Å². The van der Waals surface area contributed by atoms with E-state index in [1.165, 1.54) is 0 Å². The summed E-state index contributed by atoms with van der Waals surface area (Å²) in [5.74, 6) is -1.20. The first-order valence-electron chi connectivity index (χ1n) is 16.6. The molecule has 0 bridgehead atoms. The number of hydrogen-bond acceptors (Lipinski definition) is 7. The zero-order chi connectivity index (χ0) is 33.3. The Labute approximate surface area is 276 Å². The number of aliphatic hydroxyl groups is 1. The predicted octanol–water partition coefficient (Wildman–Crippen LogP) is 4.74. The number of ether oxygens (including phenoxy) is 1. The first-order chi connectivity index (χ1) is 22.6. The highest BCUT2D eigenvalue weighted by atomic mass is 28.4. The maximum atomic E-state index is 16.3. The monoisotopic (exact) mass is 660 g/mol. The van der Waals surface area contributed by atoms with Crippen molar-refractivity contribution in [3.05, 3.63) is 84.2 Å². The van der Waals surface area contributed by atoms with Crippen LogP contribution in [-0.4, -0.2) is 72.7 Å². The molecule has 0 saturated carbocycles. The van der Waals surface area contributed by atoms with Gasteiger partial charge in [-0.2, -0.15) is 0 Å². The highest BCUT2D eigenvalue weighted by molar-refractivity contribution is 6.72. The number of aromatic nitrogens is 3. The Morgan fingerprint density at radius 2 is 2.09 bits per heavy atom. The number of aliphatic hydroxyl groups excluding tert-OH is 1. The lowest BCUT2D eigenvalue weighted by molar-refractivity contribution is -0.145. The van der Waals surface area contributed by atoms with Crippen LogP contribution in [0.5, 0.6) is 0 Å². The molecule has 1 aromatic heterocycles. The number of hydrogen-bond donors (Lipinski definition) is 3. The van der Waals surface area contributed by atoms with Crippen molar-refractivity contribution in [2.45, 2.75) is 69.0 Å². The van der Waals surface area contributed by atoms with Crippen molar-refractivity contribution >= 4 is 31.6 Å². The molecule has 47 heavy (non-hydrogen) atoms. The normalized spacial score (nSPS) is 26.4. The fraction of sp³-hybridized carbons (Fsp3) is 0.486. The minimum absolute atomic E-state index is 0.0604. The molecule has 6 atom stereocenters. The largest absolute Gasteiger partial charge is 0.395 e. The van der Waals surface area contributed by atoms with Crippen LogP contribution in [-0.2, 0) is 26.5 Å². The summed E-state index contributed by atoms with van der Waals surface area (Å²) in [5, 5.41) is 25.1. The van der Waals surface area contributed by atoms with Gasteiger partial charge in [-0.15, -0.1) is 11.7 Å². The van der Waals surface area contributed by atoms with Crippen LogP contribution in [0.25, 0.3) is 0 Å². The second kappa shape index (κ2) is 13.4. The highest BCUT2D eigenvalue weighted by Gasteiger charge is 2.66. The van der Waals surface area contributed by atoms with E-state index < -0.39 is 31.6 Å². The van der Waals surface area contributed by atoms with Crippen molar-refractivity contribution in [1.29, 1.82) is 0 Å². The molecular formula is C35H45FN6O4Si. The van der Waals surface area contributed by atoms with E-state index in [1.54, 1.807) is 28.8 Å². The molecule has 3 aliphatic heterocycles. The lowest BCUT2D eigenvalue weighted by Crippen LogP contribution is -2.45. The molecule has 0 radical (unpaired) electrons. The van der Waals surface area contributed by atoms with E-state index >= 15 is 4.11 Å². The third-order valence-corrected chi connectivity index (χ3v) is 12.6. The molecule has 6 rings (SSSR count). The number of nitrogens with zero attached hydrogens (tertiary/aromatic N) is 4. The summed E-state index contributed by atoms with van der Waals surface area (Å²) in [4.78, 5) is 29.2. The van der Waals surface area contributed by atoms with Gasteiger partial charge in [-0.05, 0) is 62.7 Å². The Morgan fingerprint density at radius 1 is 1.30 bits per heavy atom. The topological polar surface area (TPSA) is 122 Å². The van der Waals surface area contributed by atoms with E-state index in [1.807, 2.05) is 61.7 Å². The van der Waals surface area contributed by atoms with Gasteiger partial charge in [0, 0.05) is 48.5 Å². The van der Waals surface area contributed by atoms with Crippen LogP contribution in [0.15, 0.2) is 67.4 Å². The number of benzene rings is 2. The van der Waals surface area contributed by atoms with Gasteiger partial charge in [-0.25, -0.2) is 0 Å². The molecule has 2 aromatic carbocycles. The molecule has 1 spiro atoms. The van der Waals surface area contributed by atoms with Crippen LogP contribution in [0.3, 0.4) is 0 Å². The zero-order valence-electron chi connectivity index (χ0n) is 27.4. The summed E-state index contributed by atoms with van der Waals surface area (Å²) in [6, 6.07) is 15.2. The minimum atomic E-state index is -3.37. The fourth-order valence-corrected chi connectivity index (χ4v) is 10.5. The summed E-state index contributed by atoms with van der Waals surface area (Å²) < 4.78 is 24.9. The molecule has 12 heteroatoms. The molecule has 3 aliphatic rings. The molecule has 3 aromatic rings. The van der Waals surface area contributed by atoms with Crippen molar-refractivity contribution in [1.82, 2.24) is 20.3 Å². The van der Waals surface area contributed by atoms with E-state index in [2.05, 4.69) is 27.5 Å². The van der Waals surface area contributed by atoms with Crippen LogP contribution in [0.2, 0.25) is 18.6 Å². The Morgan fingerprint density at radius 3 is 2.77 bits per heavy atom. The van der Waals surface area contributed by atoms with E-state index in [0.717, 1.165) is 24.9 Å². The molecule has 2 amide bonds. The number of carbonyl (C=O) groups excluding carboxylic acids is 2. The molecule has 2 unspecified atom stereocenters. The SMILES string of the molecule is C=CCN1C(=O)[C@]2(O[C@H](CCn3cc(C(CO)c4ccccc4)nn3)[C@@H]([Si](C)(C)F)[C@@H]2C)c2cc(NC(=O)C3CCCNC3)ccc21. The maximum absolute atomic E-state index is 16.3. The van der Waals surface area contributed by atoms with Crippen molar-refractivity contribution < 1.29 is 23.5 Å². The molecule has 2 saturated heterocycles. The maximum Gasteiger partial charge on any atom is 0.264 e. The quantitative estimate of drug-likeness (QED) is 0.154. The summed E-state index contributed by atoms with van der Waals surface area (Å²) in [7, 11) is -3.37. The van der Waals surface area contributed by atoms with Gasteiger partial charge in [0.05, 0.1) is 35.9 Å². The van der Waals surface area contributed by atoms with Gasteiger partial charge >= 0.3 is 0 Å². The van der Waals surface area contributed by atoms with Crippen LogP contribution in [0.1, 0.15) is 48.9 Å². The van der Waals surface area contributed by atoms with Crippen molar-refractivity contribution in [2.24, 2.45) is 11.8 Å². The van der Waals surface area contributed by atoms with Gasteiger partial charge in [0.1, 0.15) is 0 Å². The number of fused-ring (bicyclic) bond motifs is 2. The predicted molar refractivity (Wildman–Crippen MR) is 181 cm³/mol.